The maximum atomic E-state index is 9.08. The van der Waals surface area contributed by atoms with Crippen LogP contribution in [0.3, 0.4) is 0 Å². The summed E-state index contributed by atoms with van der Waals surface area (Å²) in [6, 6.07) is 15.5. The molecule has 1 heterocycles. The van der Waals surface area contributed by atoms with Crippen molar-refractivity contribution in [3.63, 3.8) is 0 Å². The molecule has 0 bridgehead atoms. The summed E-state index contributed by atoms with van der Waals surface area (Å²) in [5.74, 6) is 0. The molecule has 0 radical (unpaired) electrons. The summed E-state index contributed by atoms with van der Waals surface area (Å²) >= 11 is 0. The van der Waals surface area contributed by atoms with Gasteiger partial charge < -0.3 is 0 Å². The molecule has 3 heteroatoms. The number of pyridine rings is 1. The summed E-state index contributed by atoms with van der Waals surface area (Å²) in [7, 11) is 0. The number of hydrogen-bond donors (Lipinski definition) is 0. The summed E-state index contributed by atoms with van der Waals surface area (Å²) in [5.41, 5.74) is 4.39. The van der Waals surface area contributed by atoms with E-state index in [9.17, 15) is 0 Å². The molecule has 2 aromatic rings. The maximum Gasteiger partial charge on any atom is 0.139 e. The monoisotopic (exact) mass is 229 g/mol. The molecule has 82 valence electrons. The Bertz CT molecular complexity index is 694. The van der Waals surface area contributed by atoms with Gasteiger partial charge in [0.15, 0.2) is 0 Å². The molecule has 0 saturated carbocycles. The second-order valence-corrected chi connectivity index (χ2v) is 3.92. The van der Waals surface area contributed by atoms with Crippen molar-refractivity contribution in [1.29, 1.82) is 10.5 Å². The highest BCUT2D eigenvalue weighted by Gasteiger charge is 2.26. The Hall–Kier alpha value is -2.91. The van der Waals surface area contributed by atoms with E-state index in [1.165, 1.54) is 0 Å². The number of aromatic nitrogens is 1. The van der Waals surface area contributed by atoms with Gasteiger partial charge >= 0.3 is 0 Å². The second kappa shape index (κ2) is 3.84. The standard InChI is InChI=1S/C15H7N3/c16-8-10(9-17)14-12-5-2-1-4-11(12)13-6-3-7-18-15(13)14/h1-7H. The summed E-state index contributed by atoms with van der Waals surface area (Å²) in [4.78, 5) is 4.31. The lowest BCUT2D eigenvalue weighted by Crippen LogP contribution is -1.89. The first-order valence-corrected chi connectivity index (χ1v) is 5.46. The van der Waals surface area contributed by atoms with Gasteiger partial charge in [-0.3, -0.25) is 4.98 Å². The van der Waals surface area contributed by atoms with E-state index in [-0.39, 0.29) is 5.57 Å². The highest BCUT2D eigenvalue weighted by Crippen LogP contribution is 2.43. The smallest absolute Gasteiger partial charge is 0.139 e. The van der Waals surface area contributed by atoms with Crippen LogP contribution >= 0.6 is 0 Å². The van der Waals surface area contributed by atoms with Crippen molar-refractivity contribution in [3.05, 3.63) is 59.4 Å². The number of benzene rings is 1. The molecule has 0 aliphatic heterocycles. The summed E-state index contributed by atoms with van der Waals surface area (Å²) < 4.78 is 0. The Morgan fingerprint density at radius 3 is 2.28 bits per heavy atom. The molecular formula is C15H7N3. The third-order valence-corrected chi connectivity index (χ3v) is 3.00. The first-order chi connectivity index (χ1) is 8.86. The molecule has 0 N–H and O–H groups in total. The summed E-state index contributed by atoms with van der Waals surface area (Å²) in [6.45, 7) is 0. The number of allylic oxidation sites excluding steroid dienone is 1. The zero-order valence-electron chi connectivity index (χ0n) is 9.38. The van der Waals surface area contributed by atoms with E-state index in [4.69, 9.17) is 10.5 Å². The van der Waals surface area contributed by atoms with Gasteiger partial charge in [0.1, 0.15) is 17.7 Å². The summed E-state index contributed by atoms with van der Waals surface area (Å²) in [6.07, 6.45) is 1.68. The van der Waals surface area contributed by atoms with Crippen LogP contribution in [0.15, 0.2) is 48.2 Å². The van der Waals surface area contributed by atoms with E-state index < -0.39 is 0 Å². The highest BCUT2D eigenvalue weighted by atomic mass is 14.7. The Balaban J connectivity index is 2.47. The lowest BCUT2D eigenvalue weighted by Gasteiger charge is -2.00. The van der Waals surface area contributed by atoms with Crippen LogP contribution in [0.4, 0.5) is 0 Å². The quantitative estimate of drug-likeness (QED) is 0.557. The van der Waals surface area contributed by atoms with Crippen molar-refractivity contribution in [1.82, 2.24) is 4.98 Å². The highest BCUT2D eigenvalue weighted by molar-refractivity contribution is 6.02. The average molecular weight is 229 g/mol. The molecule has 1 aromatic carbocycles. The van der Waals surface area contributed by atoms with Crippen LogP contribution in [0.2, 0.25) is 0 Å². The largest absolute Gasteiger partial charge is 0.256 e. The number of hydrogen-bond acceptors (Lipinski definition) is 3. The van der Waals surface area contributed by atoms with Crippen LogP contribution in [0.1, 0.15) is 11.3 Å². The average Bonchev–Trinajstić information content (AvgIpc) is 2.76. The topological polar surface area (TPSA) is 60.5 Å². The van der Waals surface area contributed by atoms with E-state index in [2.05, 4.69) is 4.98 Å². The minimum atomic E-state index is 0.111. The van der Waals surface area contributed by atoms with Gasteiger partial charge in [0, 0.05) is 17.3 Å². The van der Waals surface area contributed by atoms with E-state index in [0.717, 1.165) is 22.4 Å². The van der Waals surface area contributed by atoms with Gasteiger partial charge in [0.05, 0.1) is 5.69 Å². The van der Waals surface area contributed by atoms with Gasteiger partial charge in [-0.15, -0.1) is 0 Å². The van der Waals surface area contributed by atoms with Crippen molar-refractivity contribution in [3.8, 4) is 23.3 Å². The van der Waals surface area contributed by atoms with E-state index in [1.54, 1.807) is 6.20 Å². The number of rotatable bonds is 0. The molecule has 3 nitrogen and oxygen atoms in total. The minimum absolute atomic E-state index is 0.111. The molecular weight excluding hydrogens is 222 g/mol. The van der Waals surface area contributed by atoms with E-state index >= 15 is 0 Å². The molecule has 0 unspecified atom stereocenters. The molecule has 0 saturated heterocycles. The Kier molecular flexibility index (Phi) is 2.19. The molecule has 0 spiro atoms. The number of nitrogens with zero attached hydrogens (tertiary/aromatic N) is 3. The Labute approximate surface area is 104 Å². The first kappa shape index (κ1) is 10.3. The van der Waals surface area contributed by atoms with Crippen molar-refractivity contribution in [2.75, 3.05) is 0 Å². The first-order valence-electron chi connectivity index (χ1n) is 5.46. The van der Waals surface area contributed by atoms with Crippen LogP contribution in [0, 0.1) is 22.7 Å². The predicted octanol–water partition coefficient (Wildman–Crippen LogP) is 2.91. The number of fused-ring (bicyclic) bond motifs is 3. The predicted molar refractivity (Wildman–Crippen MR) is 66.9 cm³/mol. The van der Waals surface area contributed by atoms with Gasteiger partial charge in [-0.2, -0.15) is 10.5 Å². The van der Waals surface area contributed by atoms with Crippen LogP contribution in [0.5, 0.6) is 0 Å². The third kappa shape index (κ3) is 1.25. The van der Waals surface area contributed by atoms with Crippen molar-refractivity contribution in [2.24, 2.45) is 0 Å². The minimum Gasteiger partial charge on any atom is -0.256 e. The van der Waals surface area contributed by atoms with Gasteiger partial charge in [-0.25, -0.2) is 0 Å². The van der Waals surface area contributed by atoms with Crippen molar-refractivity contribution >= 4 is 5.57 Å². The third-order valence-electron chi connectivity index (χ3n) is 3.00. The van der Waals surface area contributed by atoms with Crippen LogP contribution in [0.25, 0.3) is 16.7 Å². The fourth-order valence-electron chi connectivity index (χ4n) is 2.28. The van der Waals surface area contributed by atoms with Gasteiger partial charge in [-0.05, 0) is 17.2 Å². The summed E-state index contributed by atoms with van der Waals surface area (Å²) in [5, 5.41) is 18.2. The van der Waals surface area contributed by atoms with Crippen LogP contribution < -0.4 is 0 Å². The van der Waals surface area contributed by atoms with Gasteiger partial charge in [0.2, 0.25) is 0 Å². The molecule has 1 aliphatic rings. The SMILES string of the molecule is N#CC(C#N)=C1c2ccccc2-c2cccnc21. The molecule has 0 atom stereocenters. The normalized spacial score (nSPS) is 11.1. The van der Waals surface area contributed by atoms with Crippen LogP contribution in [-0.4, -0.2) is 4.98 Å². The lowest BCUT2D eigenvalue weighted by molar-refractivity contribution is 1.29. The molecule has 1 aromatic heterocycles. The molecule has 0 amide bonds. The van der Waals surface area contributed by atoms with Crippen LogP contribution in [-0.2, 0) is 0 Å². The Morgan fingerprint density at radius 1 is 0.889 bits per heavy atom. The zero-order chi connectivity index (χ0) is 12.5. The maximum absolute atomic E-state index is 9.08. The van der Waals surface area contributed by atoms with Crippen molar-refractivity contribution in [2.45, 2.75) is 0 Å². The van der Waals surface area contributed by atoms with E-state index in [1.807, 2.05) is 48.5 Å². The molecule has 18 heavy (non-hydrogen) atoms. The number of nitriles is 2. The van der Waals surface area contributed by atoms with Gasteiger partial charge in [0.25, 0.3) is 0 Å². The zero-order valence-corrected chi connectivity index (χ0v) is 9.38. The van der Waals surface area contributed by atoms with E-state index in [0.29, 0.717) is 5.57 Å². The fourth-order valence-corrected chi connectivity index (χ4v) is 2.28. The van der Waals surface area contributed by atoms with Gasteiger partial charge in [-0.1, -0.05) is 30.3 Å². The second-order valence-electron chi connectivity index (χ2n) is 3.92. The Morgan fingerprint density at radius 2 is 1.56 bits per heavy atom. The lowest BCUT2D eigenvalue weighted by atomic mass is 10.0. The molecule has 1 aliphatic carbocycles. The fraction of sp³-hybridized carbons (Fsp3) is 0. The van der Waals surface area contributed by atoms with Crippen molar-refractivity contribution < 1.29 is 0 Å². The molecule has 3 rings (SSSR count). The molecule has 0 fully saturated rings.